The number of benzene rings is 3. The van der Waals surface area contributed by atoms with Crippen molar-refractivity contribution in [3.63, 3.8) is 0 Å². The molecule has 6 rings (SSSR count). The van der Waals surface area contributed by atoms with E-state index in [2.05, 4.69) is 9.97 Å². The Kier molecular flexibility index (Phi) is 8.95. The first-order valence-electron chi connectivity index (χ1n) is 15.0. The van der Waals surface area contributed by atoms with E-state index in [0.717, 1.165) is 12.1 Å². The van der Waals surface area contributed by atoms with E-state index in [1.807, 2.05) is 0 Å². The molecule has 0 unspecified atom stereocenters. The Morgan fingerprint density at radius 1 is 0.466 bits per heavy atom. The third-order valence-electron chi connectivity index (χ3n) is 8.71. The van der Waals surface area contributed by atoms with Gasteiger partial charge in [0, 0.05) is 50.5 Å². The number of nitro benzene ring substituents is 1. The van der Waals surface area contributed by atoms with Crippen LogP contribution in [-0.2, 0) is 23.7 Å². The molecule has 0 saturated carbocycles. The second-order valence-electron chi connectivity index (χ2n) is 12.2. The van der Waals surface area contributed by atoms with Crippen LogP contribution in [0.15, 0.2) is 60.7 Å². The highest BCUT2D eigenvalue weighted by Crippen LogP contribution is 2.54. The molecule has 0 saturated heterocycles. The number of nitrogens with zero attached hydrogens (tertiary/aromatic N) is 4. The number of nitro groups is 1. The van der Waals surface area contributed by atoms with Crippen LogP contribution in [0, 0.1) is 10.1 Å². The maximum absolute atomic E-state index is 15.1. The Hall–Kier alpha value is -5.72. The summed E-state index contributed by atoms with van der Waals surface area (Å²) >= 11 is 0. The summed E-state index contributed by atoms with van der Waals surface area (Å²) in [6, 6.07) is 2.40. The quantitative estimate of drug-likeness (QED) is 0.0950. The number of rotatable bonds is 6. The van der Waals surface area contributed by atoms with Gasteiger partial charge in [0.05, 0.1) is 27.0 Å². The number of non-ortho nitro benzene ring substituents is 1. The zero-order valence-electron chi connectivity index (χ0n) is 26.9. The van der Waals surface area contributed by atoms with Gasteiger partial charge in [0.25, 0.3) is 5.69 Å². The van der Waals surface area contributed by atoms with Crippen LogP contribution in [-0.4, -0.2) is 44.2 Å². The van der Waals surface area contributed by atoms with Crippen molar-refractivity contribution < 1.29 is 92.7 Å². The van der Waals surface area contributed by atoms with E-state index in [4.69, 9.17) is 0 Å². The maximum atomic E-state index is 15.1. The average Bonchev–Trinajstić information content (AvgIpc) is 3.44. The highest BCUT2D eigenvalue weighted by Gasteiger charge is 2.65. The molecule has 0 aliphatic rings. The van der Waals surface area contributed by atoms with Crippen LogP contribution in [0.1, 0.15) is 22.5 Å². The molecule has 0 spiro atoms. The number of pyridine rings is 2. The molecule has 0 N–H and O–H groups in total. The van der Waals surface area contributed by atoms with Crippen molar-refractivity contribution in [2.45, 2.75) is 48.4 Å². The molecule has 0 bridgehead atoms. The van der Waals surface area contributed by atoms with Gasteiger partial charge in [-0.05, 0) is 36.4 Å². The molecule has 0 amide bonds. The fraction of sp³-hybridized carbons (Fsp3) is 0.250. The first-order valence-corrected chi connectivity index (χ1v) is 15.0. The highest BCUT2D eigenvalue weighted by molar-refractivity contribution is 6.27. The van der Waals surface area contributed by atoms with Crippen molar-refractivity contribution in [2.75, 3.05) is 0 Å². The van der Waals surface area contributed by atoms with Gasteiger partial charge in [-0.25, -0.2) is 9.97 Å². The van der Waals surface area contributed by atoms with Crippen LogP contribution in [0.5, 0.6) is 0 Å². The van der Waals surface area contributed by atoms with E-state index in [-0.39, 0.29) is 12.1 Å². The Morgan fingerprint density at radius 2 is 0.793 bits per heavy atom. The summed E-state index contributed by atoms with van der Waals surface area (Å²) in [4.78, 5) is 16.2. The highest BCUT2D eigenvalue weighted by atomic mass is 19.4. The van der Waals surface area contributed by atoms with Gasteiger partial charge in [-0.1, -0.05) is 12.1 Å². The fourth-order valence-electron chi connectivity index (χ4n) is 6.00. The van der Waals surface area contributed by atoms with Crippen molar-refractivity contribution in [1.82, 2.24) is 14.5 Å². The predicted molar refractivity (Wildman–Crippen MR) is 158 cm³/mol. The van der Waals surface area contributed by atoms with E-state index < -0.39 is 143 Å². The van der Waals surface area contributed by atoms with Crippen LogP contribution >= 0.6 is 0 Å². The molecule has 310 valence electrons. The largest absolute Gasteiger partial charge is 0.459 e. The minimum absolute atomic E-state index is 0.220. The van der Waals surface area contributed by atoms with Crippen molar-refractivity contribution in [3.8, 4) is 5.69 Å². The third kappa shape index (κ3) is 6.03. The molecule has 0 aliphatic heterocycles. The van der Waals surface area contributed by atoms with Crippen LogP contribution in [0.25, 0.3) is 49.3 Å². The lowest BCUT2D eigenvalue weighted by atomic mass is 9.95. The van der Waals surface area contributed by atoms with Gasteiger partial charge < -0.3 is 4.57 Å². The van der Waals surface area contributed by atoms with E-state index in [9.17, 15) is 80.4 Å². The molecule has 3 heterocycles. The van der Waals surface area contributed by atoms with Crippen LogP contribution in [0.4, 0.5) is 93.5 Å². The molecular weight excluding hydrogens is 852 g/mol. The minimum Gasteiger partial charge on any atom is -0.309 e. The molecule has 3 aromatic carbocycles. The Labute approximate surface area is 304 Å². The smallest absolute Gasteiger partial charge is 0.309 e. The maximum Gasteiger partial charge on any atom is 0.459 e. The topological polar surface area (TPSA) is 73.8 Å². The van der Waals surface area contributed by atoms with E-state index >= 15 is 17.6 Å². The number of fused-ring (bicyclic) bond motifs is 7. The normalized spacial score (nSPS) is 14.3. The van der Waals surface area contributed by atoms with E-state index in [0.29, 0.717) is 28.8 Å². The third-order valence-corrected chi connectivity index (χ3v) is 8.71. The number of alkyl halides is 20. The van der Waals surface area contributed by atoms with E-state index in [1.165, 1.54) is 0 Å². The molecular formula is C32H10F20N4O2. The molecule has 0 aliphatic carbocycles. The van der Waals surface area contributed by atoms with Crippen molar-refractivity contribution in [2.24, 2.45) is 0 Å². The lowest BCUT2D eigenvalue weighted by molar-refractivity contribution is -0.384. The summed E-state index contributed by atoms with van der Waals surface area (Å²) in [5, 5.41) is 5.11. The molecule has 3 aromatic heterocycles. The summed E-state index contributed by atoms with van der Waals surface area (Å²) in [6.07, 6.45) is -27.2. The molecule has 0 radical (unpaired) electrons. The lowest BCUT2D eigenvalue weighted by Crippen LogP contribution is -2.37. The van der Waals surface area contributed by atoms with Crippen molar-refractivity contribution >= 4 is 49.3 Å². The summed E-state index contributed by atoms with van der Waals surface area (Å²) in [5.74, 6) is -25.6. The number of aromatic nitrogens is 3. The molecule has 6 nitrogen and oxygen atoms in total. The standard InChI is InChI=1S/C32H10F20N4O2/c33-25(34,29(41,42)43)15-9-19(27(37,38)31(47,48)49)53-23-13(15)5-7-17-21(23)22-18(55(17)11-1-3-12(4-2-11)56(57)58)8-6-14-16(26(35,36)30(44,45)46)10-20(54-24(14)22)28(39,40)32(50,51)52/h1-10H. The zero-order chi connectivity index (χ0) is 43.7. The van der Waals surface area contributed by atoms with Crippen LogP contribution in [0.2, 0.25) is 0 Å². The van der Waals surface area contributed by atoms with E-state index in [1.54, 1.807) is 0 Å². The summed E-state index contributed by atoms with van der Waals surface area (Å²) in [7, 11) is 0. The molecule has 26 heteroatoms. The van der Waals surface area contributed by atoms with Gasteiger partial charge in [0.15, 0.2) is 0 Å². The monoisotopic (exact) mass is 862 g/mol. The van der Waals surface area contributed by atoms with Crippen LogP contribution < -0.4 is 0 Å². The zero-order valence-corrected chi connectivity index (χ0v) is 26.9. The lowest BCUT2D eigenvalue weighted by Gasteiger charge is -2.25. The Balaban J connectivity index is 1.99. The summed E-state index contributed by atoms with van der Waals surface area (Å²) in [5.41, 5.74) is -17.7. The number of halogens is 20. The van der Waals surface area contributed by atoms with Crippen LogP contribution in [0.3, 0.4) is 0 Å². The van der Waals surface area contributed by atoms with Crippen molar-refractivity contribution in [1.29, 1.82) is 0 Å². The molecule has 6 aromatic rings. The Bertz CT molecular complexity index is 2500. The second-order valence-corrected chi connectivity index (χ2v) is 12.2. The predicted octanol–water partition coefficient (Wildman–Crippen LogP) is 12.4. The first-order chi connectivity index (χ1) is 26.2. The SMILES string of the molecule is O=[N+]([O-])c1ccc(-n2c3ccc4c(C(F)(F)C(F)(F)F)cc(C(F)(F)C(F)(F)F)nc4c3c3c4nc(C(F)(F)C(F)(F)F)cc(C(F)(F)C(F)(F)F)c4ccc32)cc1. The average molecular weight is 862 g/mol. The van der Waals surface area contributed by atoms with Gasteiger partial charge in [0.1, 0.15) is 11.4 Å². The second kappa shape index (κ2) is 12.4. The minimum atomic E-state index is -6.82. The molecule has 0 atom stereocenters. The molecule has 0 fully saturated rings. The number of hydrogen-bond acceptors (Lipinski definition) is 4. The first kappa shape index (κ1) is 41.9. The van der Waals surface area contributed by atoms with Crippen molar-refractivity contribution in [3.05, 3.63) is 93.3 Å². The Morgan fingerprint density at radius 3 is 1.09 bits per heavy atom. The van der Waals surface area contributed by atoms with Gasteiger partial charge >= 0.3 is 48.4 Å². The van der Waals surface area contributed by atoms with Gasteiger partial charge in [-0.15, -0.1) is 0 Å². The summed E-state index contributed by atoms with van der Waals surface area (Å²) < 4.78 is 284. The van der Waals surface area contributed by atoms with Gasteiger partial charge in [-0.3, -0.25) is 10.1 Å². The molecule has 58 heavy (non-hydrogen) atoms. The number of hydrogen-bond donors (Lipinski definition) is 0. The summed E-state index contributed by atoms with van der Waals surface area (Å²) in [6.45, 7) is 0. The fourth-order valence-corrected chi connectivity index (χ4v) is 6.00. The van der Waals surface area contributed by atoms with Gasteiger partial charge in [0.2, 0.25) is 0 Å². The van der Waals surface area contributed by atoms with Gasteiger partial charge in [-0.2, -0.15) is 87.8 Å².